The normalized spacial score (nSPS) is 19.0. The van der Waals surface area contributed by atoms with Gasteiger partial charge in [-0.3, -0.25) is 10.1 Å². The Morgan fingerprint density at radius 1 is 1.47 bits per heavy atom. The number of hydrogen-bond acceptors (Lipinski definition) is 6. The molecule has 0 spiro atoms. The van der Waals surface area contributed by atoms with Crippen LogP contribution in [0, 0.1) is 10.1 Å². The van der Waals surface area contributed by atoms with Crippen LogP contribution in [0.1, 0.15) is 0 Å². The maximum absolute atomic E-state index is 11.7. The largest absolute Gasteiger partial charge is 0.467 e. The minimum absolute atomic E-state index is 0.0200. The number of anilines is 1. The first-order chi connectivity index (χ1) is 9.13. The summed E-state index contributed by atoms with van der Waals surface area (Å²) >= 11 is 0. The van der Waals surface area contributed by atoms with Crippen LogP contribution in [0.3, 0.4) is 0 Å². The molecule has 0 aliphatic carbocycles. The SMILES string of the molecule is COC(=O)C1COCCN1c1ccc([N+](=O)[O-])cc1. The fourth-order valence-corrected chi connectivity index (χ4v) is 2.01. The first-order valence-electron chi connectivity index (χ1n) is 5.80. The summed E-state index contributed by atoms with van der Waals surface area (Å²) in [6.07, 6.45) is 0. The summed E-state index contributed by atoms with van der Waals surface area (Å²) in [5, 5.41) is 10.6. The van der Waals surface area contributed by atoms with E-state index in [0.717, 1.165) is 5.69 Å². The Labute approximate surface area is 109 Å². The van der Waals surface area contributed by atoms with Gasteiger partial charge in [-0.15, -0.1) is 0 Å². The number of rotatable bonds is 3. The van der Waals surface area contributed by atoms with Gasteiger partial charge in [-0.1, -0.05) is 0 Å². The molecule has 1 heterocycles. The molecule has 0 aromatic heterocycles. The van der Waals surface area contributed by atoms with Gasteiger partial charge in [0.05, 0.1) is 25.2 Å². The molecule has 0 N–H and O–H groups in total. The number of carbonyl (C=O) groups excluding carboxylic acids is 1. The van der Waals surface area contributed by atoms with E-state index in [-0.39, 0.29) is 18.3 Å². The number of benzene rings is 1. The van der Waals surface area contributed by atoms with Crippen molar-refractivity contribution in [3.63, 3.8) is 0 Å². The number of ether oxygens (including phenoxy) is 2. The van der Waals surface area contributed by atoms with Crippen LogP contribution in [0.25, 0.3) is 0 Å². The van der Waals surface area contributed by atoms with E-state index in [2.05, 4.69) is 0 Å². The topological polar surface area (TPSA) is 81.9 Å². The Bertz CT molecular complexity index is 474. The quantitative estimate of drug-likeness (QED) is 0.460. The fourth-order valence-electron chi connectivity index (χ4n) is 2.01. The summed E-state index contributed by atoms with van der Waals surface area (Å²) in [6, 6.07) is 5.57. The van der Waals surface area contributed by atoms with Gasteiger partial charge in [-0.05, 0) is 12.1 Å². The van der Waals surface area contributed by atoms with Gasteiger partial charge in [0, 0.05) is 24.4 Å². The molecule has 1 aliphatic heterocycles. The van der Waals surface area contributed by atoms with E-state index in [1.165, 1.54) is 19.2 Å². The zero-order valence-electron chi connectivity index (χ0n) is 10.4. The molecule has 0 saturated carbocycles. The lowest BCUT2D eigenvalue weighted by molar-refractivity contribution is -0.384. The number of hydrogen-bond donors (Lipinski definition) is 0. The number of methoxy groups -OCH3 is 1. The van der Waals surface area contributed by atoms with E-state index < -0.39 is 11.0 Å². The number of non-ortho nitro benzene ring substituents is 1. The van der Waals surface area contributed by atoms with E-state index >= 15 is 0 Å². The number of nitro benzene ring substituents is 1. The predicted molar refractivity (Wildman–Crippen MR) is 67.1 cm³/mol. The third kappa shape index (κ3) is 2.82. The fraction of sp³-hybridized carbons (Fsp3) is 0.417. The van der Waals surface area contributed by atoms with Crippen molar-refractivity contribution in [3.8, 4) is 0 Å². The average Bonchev–Trinajstić information content (AvgIpc) is 2.46. The third-order valence-corrected chi connectivity index (χ3v) is 2.99. The molecule has 102 valence electrons. The Kier molecular flexibility index (Phi) is 3.96. The highest BCUT2D eigenvalue weighted by Crippen LogP contribution is 2.23. The van der Waals surface area contributed by atoms with Crippen LogP contribution in [0.2, 0.25) is 0 Å². The standard InChI is InChI=1S/C12H14N2O5/c1-18-12(15)11-8-19-7-6-13(11)9-2-4-10(5-3-9)14(16)17/h2-5,11H,6-8H2,1H3. The molecule has 0 amide bonds. The van der Waals surface area contributed by atoms with Gasteiger partial charge in [0.2, 0.25) is 0 Å². The average molecular weight is 266 g/mol. The van der Waals surface area contributed by atoms with Gasteiger partial charge < -0.3 is 14.4 Å². The summed E-state index contributed by atoms with van der Waals surface area (Å²) in [7, 11) is 1.32. The maximum Gasteiger partial charge on any atom is 0.330 e. The number of nitrogens with zero attached hydrogens (tertiary/aromatic N) is 2. The third-order valence-electron chi connectivity index (χ3n) is 2.99. The van der Waals surface area contributed by atoms with Crippen LogP contribution in [0.4, 0.5) is 11.4 Å². The highest BCUT2D eigenvalue weighted by atomic mass is 16.6. The summed E-state index contributed by atoms with van der Waals surface area (Å²) in [4.78, 5) is 23.7. The molecule has 1 saturated heterocycles. The van der Waals surface area contributed by atoms with Crippen molar-refractivity contribution >= 4 is 17.3 Å². The molecule has 2 rings (SSSR count). The van der Waals surface area contributed by atoms with Gasteiger partial charge in [-0.25, -0.2) is 4.79 Å². The first-order valence-corrected chi connectivity index (χ1v) is 5.80. The Morgan fingerprint density at radius 3 is 2.74 bits per heavy atom. The summed E-state index contributed by atoms with van der Waals surface area (Å²) < 4.78 is 10.0. The molecule has 1 aromatic carbocycles. The molecule has 7 heteroatoms. The maximum atomic E-state index is 11.7. The second-order valence-electron chi connectivity index (χ2n) is 4.08. The highest BCUT2D eigenvalue weighted by Gasteiger charge is 2.30. The molecule has 7 nitrogen and oxygen atoms in total. The number of morpholine rings is 1. The summed E-state index contributed by atoms with van der Waals surface area (Å²) in [5.41, 5.74) is 0.760. The van der Waals surface area contributed by atoms with Gasteiger partial charge >= 0.3 is 5.97 Å². The first kappa shape index (κ1) is 13.3. The van der Waals surface area contributed by atoms with Gasteiger partial charge in [0.25, 0.3) is 5.69 Å². The lowest BCUT2D eigenvalue weighted by Gasteiger charge is -2.35. The van der Waals surface area contributed by atoms with Crippen LogP contribution in [0.5, 0.6) is 0 Å². The number of esters is 1. The van der Waals surface area contributed by atoms with Crippen molar-refractivity contribution in [2.45, 2.75) is 6.04 Å². The summed E-state index contributed by atoms with van der Waals surface area (Å²) in [6.45, 7) is 1.30. The van der Waals surface area contributed by atoms with Crippen molar-refractivity contribution in [2.24, 2.45) is 0 Å². The Hall–Kier alpha value is -2.15. The lowest BCUT2D eigenvalue weighted by atomic mass is 10.2. The zero-order valence-corrected chi connectivity index (χ0v) is 10.4. The van der Waals surface area contributed by atoms with Crippen LogP contribution in [0.15, 0.2) is 24.3 Å². The predicted octanol–water partition coefficient (Wildman–Crippen LogP) is 0.973. The molecule has 1 aliphatic rings. The van der Waals surface area contributed by atoms with E-state index in [4.69, 9.17) is 9.47 Å². The second kappa shape index (κ2) is 5.66. The van der Waals surface area contributed by atoms with Crippen molar-refractivity contribution < 1.29 is 19.2 Å². The van der Waals surface area contributed by atoms with E-state index in [1.54, 1.807) is 12.1 Å². The molecule has 1 unspecified atom stereocenters. The zero-order chi connectivity index (χ0) is 13.8. The lowest BCUT2D eigenvalue weighted by Crippen LogP contribution is -2.50. The van der Waals surface area contributed by atoms with E-state index in [9.17, 15) is 14.9 Å². The van der Waals surface area contributed by atoms with Crippen molar-refractivity contribution in [1.29, 1.82) is 0 Å². The minimum atomic E-state index is -0.514. The van der Waals surface area contributed by atoms with Gasteiger partial charge in [0.15, 0.2) is 6.04 Å². The summed E-state index contributed by atoms with van der Waals surface area (Å²) in [5.74, 6) is -0.377. The van der Waals surface area contributed by atoms with Crippen molar-refractivity contribution in [3.05, 3.63) is 34.4 Å². The molecular formula is C12H14N2O5. The number of carbonyl (C=O) groups is 1. The minimum Gasteiger partial charge on any atom is -0.467 e. The number of nitro groups is 1. The van der Waals surface area contributed by atoms with Crippen LogP contribution >= 0.6 is 0 Å². The molecule has 0 radical (unpaired) electrons. The Morgan fingerprint density at radius 2 is 2.16 bits per heavy atom. The van der Waals surface area contributed by atoms with Crippen molar-refractivity contribution in [2.75, 3.05) is 31.8 Å². The van der Waals surface area contributed by atoms with Gasteiger partial charge in [0.1, 0.15) is 0 Å². The van der Waals surface area contributed by atoms with Crippen LogP contribution in [-0.4, -0.2) is 43.8 Å². The van der Waals surface area contributed by atoms with E-state index in [1.807, 2.05) is 4.90 Å². The molecule has 1 atom stereocenters. The molecule has 19 heavy (non-hydrogen) atoms. The molecule has 1 aromatic rings. The molecule has 0 bridgehead atoms. The Balaban J connectivity index is 2.22. The van der Waals surface area contributed by atoms with Crippen LogP contribution < -0.4 is 4.90 Å². The second-order valence-corrected chi connectivity index (χ2v) is 4.08. The van der Waals surface area contributed by atoms with E-state index in [0.29, 0.717) is 13.2 Å². The van der Waals surface area contributed by atoms with Crippen LogP contribution in [-0.2, 0) is 14.3 Å². The molecule has 1 fully saturated rings. The smallest absolute Gasteiger partial charge is 0.330 e. The monoisotopic (exact) mass is 266 g/mol. The highest BCUT2D eigenvalue weighted by molar-refractivity contribution is 5.80. The molecular weight excluding hydrogens is 252 g/mol. The van der Waals surface area contributed by atoms with Gasteiger partial charge in [-0.2, -0.15) is 0 Å². The van der Waals surface area contributed by atoms with Crippen molar-refractivity contribution in [1.82, 2.24) is 0 Å².